The van der Waals surface area contributed by atoms with Gasteiger partial charge in [-0.3, -0.25) is 14.4 Å². The van der Waals surface area contributed by atoms with Gasteiger partial charge in [-0.25, -0.2) is 0 Å². The molecule has 41 heavy (non-hydrogen) atoms. The Hall–Kier alpha value is -3.43. The van der Waals surface area contributed by atoms with E-state index in [0.29, 0.717) is 18.7 Å². The van der Waals surface area contributed by atoms with Gasteiger partial charge in [0.15, 0.2) is 0 Å². The van der Waals surface area contributed by atoms with Crippen molar-refractivity contribution >= 4 is 29.1 Å². The summed E-state index contributed by atoms with van der Waals surface area (Å²) < 4.78 is 6.74. The molecule has 5 rings (SSSR count). The van der Waals surface area contributed by atoms with E-state index in [-0.39, 0.29) is 30.2 Å². The van der Waals surface area contributed by atoms with Gasteiger partial charge in [0.2, 0.25) is 17.7 Å². The lowest BCUT2D eigenvalue weighted by Gasteiger charge is -2.36. The van der Waals surface area contributed by atoms with Crippen LogP contribution in [-0.4, -0.2) is 70.7 Å². The van der Waals surface area contributed by atoms with Crippen LogP contribution in [-0.2, 0) is 25.7 Å². The molecule has 3 heterocycles. The number of aliphatic hydroxyl groups excluding tert-OH is 1. The zero-order valence-electron chi connectivity index (χ0n) is 24.6. The molecule has 3 unspecified atom stereocenters. The van der Waals surface area contributed by atoms with Crippen LogP contribution in [0.4, 0.5) is 11.4 Å². The Morgan fingerprint density at radius 2 is 1.76 bits per heavy atom. The highest BCUT2D eigenvalue weighted by Gasteiger charge is 2.80. The molecule has 1 spiro atoms. The van der Waals surface area contributed by atoms with Crippen LogP contribution in [0.25, 0.3) is 0 Å². The van der Waals surface area contributed by atoms with Crippen LogP contribution in [0.5, 0.6) is 0 Å². The SMILES string of the molecule is CCN(CC)c1ccc(NC(=O)C2N([C@H](C)CO)C(=O)[C@@H]3[C@@H](C(=O)NCc4ccccc4)[C@]4(C)OC23CC4C)cc1. The van der Waals surface area contributed by atoms with E-state index < -0.39 is 35.1 Å². The van der Waals surface area contributed by atoms with Gasteiger partial charge in [-0.15, -0.1) is 0 Å². The minimum Gasteiger partial charge on any atom is -0.394 e. The molecule has 9 heteroatoms. The number of ether oxygens (including phenoxy) is 1. The summed E-state index contributed by atoms with van der Waals surface area (Å²) in [6.07, 6.45) is 0.468. The van der Waals surface area contributed by atoms with Crippen molar-refractivity contribution in [3.05, 3.63) is 60.2 Å². The molecule has 9 nitrogen and oxygen atoms in total. The van der Waals surface area contributed by atoms with E-state index in [4.69, 9.17) is 4.74 Å². The molecule has 3 amide bonds. The predicted octanol–water partition coefficient (Wildman–Crippen LogP) is 3.18. The highest BCUT2D eigenvalue weighted by molar-refractivity contribution is 6.04. The minimum absolute atomic E-state index is 0.0629. The summed E-state index contributed by atoms with van der Waals surface area (Å²) in [5.74, 6) is -2.60. The number of hydrogen-bond donors (Lipinski definition) is 3. The first-order chi connectivity index (χ1) is 19.6. The number of anilines is 2. The summed E-state index contributed by atoms with van der Waals surface area (Å²) >= 11 is 0. The summed E-state index contributed by atoms with van der Waals surface area (Å²) in [7, 11) is 0. The molecule has 3 aliphatic rings. The first-order valence-electron chi connectivity index (χ1n) is 14.7. The Labute approximate surface area is 242 Å². The predicted molar refractivity (Wildman–Crippen MR) is 157 cm³/mol. The Morgan fingerprint density at radius 1 is 1.10 bits per heavy atom. The number of likely N-dealkylation sites (tertiary alicyclic amines) is 1. The van der Waals surface area contributed by atoms with Gasteiger partial charge in [0, 0.05) is 31.0 Å². The van der Waals surface area contributed by atoms with Crippen LogP contribution < -0.4 is 15.5 Å². The number of hydrogen-bond acceptors (Lipinski definition) is 6. The first-order valence-corrected chi connectivity index (χ1v) is 14.7. The summed E-state index contributed by atoms with van der Waals surface area (Å²) in [5, 5.41) is 16.1. The lowest BCUT2D eigenvalue weighted by atomic mass is 9.62. The lowest BCUT2D eigenvalue weighted by Crippen LogP contribution is -2.56. The number of nitrogens with one attached hydrogen (secondary N) is 2. The van der Waals surface area contributed by atoms with E-state index >= 15 is 0 Å². The van der Waals surface area contributed by atoms with E-state index in [1.807, 2.05) is 68.4 Å². The number of carbonyl (C=O) groups excluding carboxylic acids is 3. The minimum atomic E-state index is -1.17. The Bertz CT molecular complexity index is 1280. The molecule has 3 saturated heterocycles. The molecule has 220 valence electrons. The maximum Gasteiger partial charge on any atom is 0.250 e. The van der Waals surface area contributed by atoms with Crippen molar-refractivity contribution in [2.75, 3.05) is 29.9 Å². The van der Waals surface area contributed by atoms with Crippen molar-refractivity contribution in [1.29, 1.82) is 0 Å². The maximum atomic E-state index is 14.1. The Morgan fingerprint density at radius 3 is 2.37 bits per heavy atom. The van der Waals surface area contributed by atoms with E-state index in [1.165, 1.54) is 4.90 Å². The van der Waals surface area contributed by atoms with Crippen LogP contribution >= 0.6 is 0 Å². The fraction of sp³-hybridized carbons (Fsp3) is 0.531. The van der Waals surface area contributed by atoms with Crippen molar-refractivity contribution < 1.29 is 24.2 Å². The van der Waals surface area contributed by atoms with Crippen molar-refractivity contribution in [1.82, 2.24) is 10.2 Å². The monoisotopic (exact) mass is 562 g/mol. The number of nitrogens with zero attached hydrogens (tertiary/aromatic N) is 2. The molecule has 0 aromatic heterocycles. The smallest absolute Gasteiger partial charge is 0.250 e. The highest BCUT2D eigenvalue weighted by Crippen LogP contribution is 2.65. The maximum absolute atomic E-state index is 14.1. The third-order valence-corrected chi connectivity index (χ3v) is 9.60. The van der Waals surface area contributed by atoms with Crippen LogP contribution in [0.2, 0.25) is 0 Å². The summed E-state index contributed by atoms with van der Waals surface area (Å²) in [6.45, 7) is 11.6. The molecule has 3 fully saturated rings. The van der Waals surface area contributed by atoms with Gasteiger partial charge in [0.25, 0.3) is 0 Å². The molecular formula is C32H42N4O5. The standard InChI is InChI=1S/C32H42N4O5/c1-6-35(7-2)24-15-13-23(14-16-24)34-29(39)27-32-17-20(3)31(5,41-32)25(26(32)30(40)36(27)21(4)19-37)28(38)33-18-22-11-9-8-10-12-22/h8-16,20-21,25-27,37H,6-7,17-19H2,1-5H3,(H,33,38)(H,34,39)/t20?,21-,25+,26+,27?,31-,32?/m1/s1. The number of aliphatic hydroxyl groups is 1. The molecular weight excluding hydrogens is 520 g/mol. The van der Waals surface area contributed by atoms with Gasteiger partial charge in [-0.1, -0.05) is 37.3 Å². The Balaban J connectivity index is 1.45. The number of rotatable bonds is 10. The molecule has 0 saturated carbocycles. The largest absolute Gasteiger partial charge is 0.394 e. The van der Waals surface area contributed by atoms with E-state index in [1.54, 1.807) is 6.92 Å². The fourth-order valence-electron chi connectivity index (χ4n) is 7.39. The molecule has 2 aromatic carbocycles. The van der Waals surface area contributed by atoms with E-state index in [2.05, 4.69) is 29.4 Å². The summed E-state index contributed by atoms with van der Waals surface area (Å²) in [5.41, 5.74) is 0.546. The zero-order chi connectivity index (χ0) is 29.5. The van der Waals surface area contributed by atoms with Crippen LogP contribution in [0.1, 0.15) is 46.6 Å². The highest BCUT2D eigenvalue weighted by atomic mass is 16.5. The molecule has 3 N–H and O–H groups in total. The third-order valence-electron chi connectivity index (χ3n) is 9.60. The first kappa shape index (κ1) is 29.1. The molecule has 0 aliphatic carbocycles. The second kappa shape index (κ2) is 11.1. The summed E-state index contributed by atoms with van der Waals surface area (Å²) in [6, 6.07) is 15.6. The molecule has 2 bridgehead atoms. The van der Waals surface area contributed by atoms with Gasteiger partial charge < -0.3 is 30.3 Å². The quantitative estimate of drug-likeness (QED) is 0.410. The van der Waals surface area contributed by atoms with Crippen LogP contribution in [0, 0.1) is 17.8 Å². The van der Waals surface area contributed by atoms with E-state index in [9.17, 15) is 19.5 Å². The fourth-order valence-corrected chi connectivity index (χ4v) is 7.39. The third kappa shape index (κ3) is 4.69. The average molecular weight is 563 g/mol. The van der Waals surface area contributed by atoms with Crippen molar-refractivity contribution in [3.8, 4) is 0 Å². The lowest BCUT2D eigenvalue weighted by molar-refractivity contribution is -0.148. The van der Waals surface area contributed by atoms with Crippen molar-refractivity contribution in [2.45, 2.75) is 70.9 Å². The second-order valence-electron chi connectivity index (χ2n) is 11.9. The van der Waals surface area contributed by atoms with Crippen molar-refractivity contribution in [3.63, 3.8) is 0 Å². The average Bonchev–Trinajstić information content (AvgIpc) is 3.49. The van der Waals surface area contributed by atoms with Gasteiger partial charge in [0.05, 0.1) is 30.1 Å². The number of amides is 3. The van der Waals surface area contributed by atoms with Crippen molar-refractivity contribution in [2.24, 2.45) is 17.8 Å². The van der Waals surface area contributed by atoms with Crippen LogP contribution in [0.15, 0.2) is 54.6 Å². The Kier molecular flexibility index (Phi) is 7.87. The number of fused-ring (bicyclic) bond motifs is 1. The molecule has 3 aliphatic heterocycles. The molecule has 0 radical (unpaired) electrons. The van der Waals surface area contributed by atoms with Gasteiger partial charge in [0.1, 0.15) is 11.6 Å². The second-order valence-corrected chi connectivity index (χ2v) is 11.9. The van der Waals surface area contributed by atoms with Gasteiger partial charge >= 0.3 is 0 Å². The van der Waals surface area contributed by atoms with Crippen LogP contribution in [0.3, 0.4) is 0 Å². The summed E-state index contributed by atoms with van der Waals surface area (Å²) in [4.78, 5) is 45.7. The topological polar surface area (TPSA) is 111 Å². The normalized spacial score (nSPS) is 30.7. The zero-order valence-corrected chi connectivity index (χ0v) is 24.6. The molecule has 7 atom stereocenters. The molecule has 2 aromatic rings. The number of carbonyl (C=O) groups is 3. The van der Waals surface area contributed by atoms with Gasteiger partial charge in [-0.05, 0) is 69.9 Å². The number of benzene rings is 2. The van der Waals surface area contributed by atoms with E-state index in [0.717, 1.165) is 24.3 Å². The van der Waals surface area contributed by atoms with Gasteiger partial charge in [-0.2, -0.15) is 0 Å².